The van der Waals surface area contributed by atoms with Gasteiger partial charge in [0.1, 0.15) is 0 Å². The van der Waals surface area contributed by atoms with Gasteiger partial charge in [-0.05, 0) is 53.4 Å². The van der Waals surface area contributed by atoms with Crippen molar-refractivity contribution in [2.45, 2.75) is 36.1 Å². The molecule has 2 N–H and O–H groups in total. The van der Waals surface area contributed by atoms with Gasteiger partial charge in [-0.25, -0.2) is 13.1 Å². The highest BCUT2D eigenvalue weighted by molar-refractivity contribution is 9.11. The summed E-state index contributed by atoms with van der Waals surface area (Å²) in [5, 5.41) is 8.92. The summed E-state index contributed by atoms with van der Waals surface area (Å²) in [6.45, 7) is 0. The Bertz CT molecular complexity index is 641. The molecule has 0 heterocycles. The lowest BCUT2D eigenvalue weighted by Crippen LogP contribution is -2.54. The van der Waals surface area contributed by atoms with E-state index in [1.54, 1.807) is 12.1 Å². The van der Waals surface area contributed by atoms with Crippen molar-refractivity contribution in [2.75, 3.05) is 0 Å². The largest absolute Gasteiger partial charge is 0.481 e. The molecule has 0 bridgehead atoms. The van der Waals surface area contributed by atoms with Crippen LogP contribution in [0.15, 0.2) is 32.0 Å². The number of nitrogens with one attached hydrogen (secondary N) is 1. The first-order chi connectivity index (χ1) is 9.24. The van der Waals surface area contributed by atoms with E-state index in [2.05, 4.69) is 36.6 Å². The Morgan fingerprint density at radius 3 is 2.45 bits per heavy atom. The molecule has 1 aliphatic carbocycles. The Balaban J connectivity index is 2.29. The average molecular weight is 427 g/mol. The van der Waals surface area contributed by atoms with Gasteiger partial charge in [0.15, 0.2) is 0 Å². The Morgan fingerprint density at radius 2 is 2.00 bits per heavy atom. The van der Waals surface area contributed by atoms with E-state index < -0.39 is 21.5 Å². The average Bonchev–Trinajstić information content (AvgIpc) is 2.24. The summed E-state index contributed by atoms with van der Waals surface area (Å²) in [4.78, 5) is 11.0. The normalized spacial score (nSPS) is 17.5. The van der Waals surface area contributed by atoms with Gasteiger partial charge >= 0.3 is 5.97 Å². The maximum absolute atomic E-state index is 12.4. The Labute approximate surface area is 134 Å². The molecule has 0 radical (unpaired) electrons. The SMILES string of the molecule is O=C(O)CC1(NS(=O)(=O)c2ccc(Br)cc2Br)CCC1. The molecule has 0 saturated heterocycles. The Hall–Kier alpha value is -0.440. The third kappa shape index (κ3) is 3.41. The molecule has 0 spiro atoms. The lowest BCUT2D eigenvalue weighted by Gasteiger charge is -2.41. The van der Waals surface area contributed by atoms with Crippen molar-refractivity contribution < 1.29 is 18.3 Å². The van der Waals surface area contributed by atoms with Gasteiger partial charge in [-0.3, -0.25) is 4.79 Å². The van der Waals surface area contributed by atoms with Gasteiger partial charge in [0.25, 0.3) is 0 Å². The van der Waals surface area contributed by atoms with Crippen LogP contribution in [0.1, 0.15) is 25.7 Å². The van der Waals surface area contributed by atoms with Crippen LogP contribution in [0.2, 0.25) is 0 Å². The quantitative estimate of drug-likeness (QED) is 0.758. The summed E-state index contributed by atoms with van der Waals surface area (Å²) < 4.78 is 28.6. The molecule has 5 nitrogen and oxygen atoms in total. The fraction of sp³-hybridized carbons (Fsp3) is 0.417. The number of benzene rings is 1. The molecule has 8 heteroatoms. The molecule has 0 unspecified atom stereocenters. The summed E-state index contributed by atoms with van der Waals surface area (Å²) in [5.41, 5.74) is -0.850. The van der Waals surface area contributed by atoms with E-state index in [0.717, 1.165) is 10.9 Å². The summed E-state index contributed by atoms with van der Waals surface area (Å²) in [6, 6.07) is 4.74. The van der Waals surface area contributed by atoms with Crippen molar-refractivity contribution in [1.29, 1.82) is 0 Å². The molecule has 110 valence electrons. The van der Waals surface area contributed by atoms with Crippen molar-refractivity contribution >= 4 is 47.9 Å². The van der Waals surface area contributed by atoms with E-state index in [1.807, 2.05) is 0 Å². The maximum atomic E-state index is 12.4. The van der Waals surface area contributed by atoms with Crippen LogP contribution >= 0.6 is 31.9 Å². The van der Waals surface area contributed by atoms with Crippen LogP contribution in [0.4, 0.5) is 0 Å². The Kier molecular flexibility index (Phi) is 4.58. The highest BCUT2D eigenvalue weighted by Gasteiger charge is 2.42. The van der Waals surface area contributed by atoms with Crippen molar-refractivity contribution in [3.63, 3.8) is 0 Å². The number of halogens is 2. The van der Waals surface area contributed by atoms with E-state index in [-0.39, 0.29) is 11.3 Å². The van der Waals surface area contributed by atoms with Crippen LogP contribution in [0.25, 0.3) is 0 Å². The molecule has 2 rings (SSSR count). The number of carboxylic acids is 1. The van der Waals surface area contributed by atoms with E-state index >= 15 is 0 Å². The molecule has 1 aromatic carbocycles. The monoisotopic (exact) mass is 425 g/mol. The van der Waals surface area contributed by atoms with Crippen LogP contribution in [-0.2, 0) is 14.8 Å². The lowest BCUT2D eigenvalue weighted by molar-refractivity contribution is -0.139. The minimum atomic E-state index is -3.75. The summed E-state index contributed by atoms with van der Waals surface area (Å²) >= 11 is 6.47. The highest BCUT2D eigenvalue weighted by Crippen LogP contribution is 2.37. The second kappa shape index (κ2) is 5.75. The van der Waals surface area contributed by atoms with E-state index in [0.29, 0.717) is 17.3 Å². The second-order valence-corrected chi connectivity index (χ2v) is 8.31. The predicted octanol–water partition coefficient (Wildman–Crippen LogP) is 2.89. The van der Waals surface area contributed by atoms with Gasteiger partial charge in [0.2, 0.25) is 10.0 Å². The zero-order valence-electron chi connectivity index (χ0n) is 10.4. The fourth-order valence-electron chi connectivity index (χ4n) is 2.24. The maximum Gasteiger partial charge on any atom is 0.305 e. The fourth-order valence-corrected chi connectivity index (χ4v) is 5.45. The van der Waals surface area contributed by atoms with Gasteiger partial charge in [0, 0.05) is 14.5 Å². The van der Waals surface area contributed by atoms with E-state index in [9.17, 15) is 13.2 Å². The topological polar surface area (TPSA) is 83.5 Å². The van der Waals surface area contributed by atoms with Gasteiger partial charge in [0.05, 0.1) is 11.3 Å². The molecule has 1 fully saturated rings. The number of hydrogen-bond acceptors (Lipinski definition) is 3. The molecule has 0 aliphatic heterocycles. The molecule has 1 aromatic rings. The number of hydrogen-bond donors (Lipinski definition) is 2. The standard InChI is InChI=1S/C12H13Br2NO4S/c13-8-2-3-10(9(14)6-8)20(18,19)15-12(4-1-5-12)7-11(16)17/h2-3,6,15H,1,4-5,7H2,(H,16,17). The van der Waals surface area contributed by atoms with Crippen LogP contribution in [-0.4, -0.2) is 25.0 Å². The van der Waals surface area contributed by atoms with Crippen molar-refractivity contribution in [3.05, 3.63) is 27.1 Å². The number of carboxylic acid groups (broad SMARTS) is 1. The molecular formula is C12H13Br2NO4S. The summed E-state index contributed by atoms with van der Waals surface area (Å²) in [7, 11) is -3.75. The van der Waals surface area contributed by atoms with E-state index in [4.69, 9.17) is 5.11 Å². The molecule has 0 aromatic heterocycles. The van der Waals surface area contributed by atoms with Gasteiger partial charge in [-0.2, -0.15) is 0 Å². The van der Waals surface area contributed by atoms with Gasteiger partial charge in [-0.15, -0.1) is 0 Å². The minimum Gasteiger partial charge on any atom is -0.481 e. The molecule has 0 amide bonds. The number of carbonyl (C=O) groups is 1. The van der Waals surface area contributed by atoms with Crippen molar-refractivity contribution in [1.82, 2.24) is 4.72 Å². The first-order valence-electron chi connectivity index (χ1n) is 5.95. The smallest absolute Gasteiger partial charge is 0.305 e. The predicted molar refractivity (Wildman–Crippen MR) is 81.0 cm³/mol. The zero-order chi connectivity index (χ0) is 15.0. The molecule has 1 saturated carbocycles. The number of sulfonamides is 1. The van der Waals surface area contributed by atoms with Crippen LogP contribution in [0.5, 0.6) is 0 Å². The van der Waals surface area contributed by atoms with Crippen LogP contribution in [0.3, 0.4) is 0 Å². The first kappa shape index (κ1) is 15.9. The number of rotatable bonds is 5. The van der Waals surface area contributed by atoms with E-state index in [1.165, 1.54) is 6.07 Å². The van der Waals surface area contributed by atoms with Crippen LogP contribution < -0.4 is 4.72 Å². The minimum absolute atomic E-state index is 0.109. The molecule has 20 heavy (non-hydrogen) atoms. The highest BCUT2D eigenvalue weighted by atomic mass is 79.9. The van der Waals surface area contributed by atoms with Crippen molar-refractivity contribution in [2.24, 2.45) is 0 Å². The molecular weight excluding hydrogens is 414 g/mol. The summed E-state index contributed by atoms with van der Waals surface area (Å²) in [5.74, 6) is -0.998. The third-order valence-corrected chi connectivity index (χ3v) is 6.38. The second-order valence-electron chi connectivity index (χ2n) is 4.88. The molecule has 0 atom stereocenters. The molecule has 1 aliphatic rings. The zero-order valence-corrected chi connectivity index (χ0v) is 14.4. The van der Waals surface area contributed by atoms with Gasteiger partial charge in [-0.1, -0.05) is 15.9 Å². The van der Waals surface area contributed by atoms with Crippen LogP contribution in [0, 0.1) is 0 Å². The third-order valence-electron chi connectivity index (χ3n) is 3.33. The first-order valence-corrected chi connectivity index (χ1v) is 9.02. The Morgan fingerprint density at radius 1 is 1.35 bits per heavy atom. The number of aliphatic carboxylic acids is 1. The van der Waals surface area contributed by atoms with Crippen molar-refractivity contribution in [3.8, 4) is 0 Å². The van der Waals surface area contributed by atoms with Gasteiger partial charge < -0.3 is 5.11 Å². The lowest BCUT2D eigenvalue weighted by atomic mass is 9.75. The summed E-state index contributed by atoms with van der Waals surface area (Å²) in [6.07, 6.45) is 1.73.